The van der Waals surface area contributed by atoms with Crippen LogP contribution in [0.4, 0.5) is 18.9 Å². The molecule has 1 fully saturated rings. The molecule has 1 saturated heterocycles. The van der Waals surface area contributed by atoms with Crippen molar-refractivity contribution in [1.29, 1.82) is 0 Å². The Morgan fingerprint density at radius 1 is 1.05 bits per heavy atom. The fraction of sp³-hybridized carbons (Fsp3) is 0.310. The topological polar surface area (TPSA) is 68.1 Å². The highest BCUT2D eigenvalue weighted by Gasteiger charge is 2.31. The number of amides is 1. The molecule has 210 valence electrons. The van der Waals surface area contributed by atoms with E-state index in [2.05, 4.69) is 19.9 Å². The number of anilines is 1. The standard InChI is InChI=1S/C29H28ClF3N4O3/c1-2-25-27(37-16-11-20(30)17-26(37)35-25)28(38)34-18-19-3-5-21(6-4-19)36-14-12-23(13-15-36)39-22-7-9-24(10-8-22)40-29(31,32)33/h3-11,16-17,23H,2,12-15,18H2,1H3,(H,34,38). The molecular formula is C29H28ClF3N4O3. The Kier molecular flexibility index (Phi) is 8.07. The van der Waals surface area contributed by atoms with Gasteiger partial charge in [-0.3, -0.25) is 9.20 Å². The maximum Gasteiger partial charge on any atom is 0.573 e. The van der Waals surface area contributed by atoms with Crippen molar-refractivity contribution in [2.24, 2.45) is 0 Å². The third kappa shape index (κ3) is 6.62. The van der Waals surface area contributed by atoms with Crippen molar-refractivity contribution in [3.05, 3.63) is 88.8 Å². The number of fused-ring (bicyclic) bond motifs is 1. The molecule has 0 unspecified atom stereocenters. The SMILES string of the molecule is CCc1nc2cc(Cl)ccn2c1C(=O)NCc1ccc(N2CCC(Oc3ccc(OC(F)(F)F)cc3)CC2)cc1. The number of halogens is 4. The molecule has 0 aliphatic carbocycles. The Labute approximate surface area is 234 Å². The Hall–Kier alpha value is -3.92. The lowest BCUT2D eigenvalue weighted by molar-refractivity contribution is -0.274. The number of ether oxygens (including phenoxy) is 2. The van der Waals surface area contributed by atoms with Gasteiger partial charge in [0.2, 0.25) is 0 Å². The summed E-state index contributed by atoms with van der Waals surface area (Å²) in [5.41, 5.74) is 3.93. The monoisotopic (exact) mass is 572 g/mol. The summed E-state index contributed by atoms with van der Waals surface area (Å²) in [5, 5.41) is 3.57. The van der Waals surface area contributed by atoms with Crippen LogP contribution in [0, 0.1) is 0 Å². The van der Waals surface area contributed by atoms with Crippen LogP contribution in [0.1, 0.15) is 41.5 Å². The van der Waals surface area contributed by atoms with Crippen LogP contribution in [0.25, 0.3) is 5.65 Å². The molecule has 0 saturated carbocycles. The van der Waals surface area contributed by atoms with E-state index in [0.29, 0.717) is 35.1 Å². The molecule has 7 nitrogen and oxygen atoms in total. The molecule has 0 radical (unpaired) electrons. The zero-order valence-corrected chi connectivity index (χ0v) is 22.5. The molecule has 2 aromatic heterocycles. The highest BCUT2D eigenvalue weighted by Crippen LogP contribution is 2.27. The van der Waals surface area contributed by atoms with Crippen molar-refractivity contribution in [1.82, 2.24) is 14.7 Å². The minimum atomic E-state index is -4.72. The average molecular weight is 573 g/mol. The summed E-state index contributed by atoms with van der Waals surface area (Å²) >= 11 is 6.08. The van der Waals surface area contributed by atoms with Gasteiger partial charge in [-0.25, -0.2) is 4.98 Å². The number of piperidine rings is 1. The zero-order valence-electron chi connectivity index (χ0n) is 21.7. The molecule has 1 amide bonds. The highest BCUT2D eigenvalue weighted by molar-refractivity contribution is 6.30. The number of benzene rings is 2. The highest BCUT2D eigenvalue weighted by atomic mass is 35.5. The van der Waals surface area contributed by atoms with E-state index in [-0.39, 0.29) is 17.8 Å². The lowest BCUT2D eigenvalue weighted by Crippen LogP contribution is -2.38. The number of carbonyl (C=O) groups excluding carboxylic acids is 1. The molecule has 40 heavy (non-hydrogen) atoms. The number of rotatable bonds is 8. The minimum Gasteiger partial charge on any atom is -0.490 e. The van der Waals surface area contributed by atoms with E-state index in [0.717, 1.165) is 42.9 Å². The Bertz CT molecular complexity index is 1470. The predicted molar refractivity (Wildman–Crippen MR) is 146 cm³/mol. The van der Waals surface area contributed by atoms with Gasteiger partial charge in [0.15, 0.2) is 0 Å². The molecule has 4 aromatic rings. The van der Waals surface area contributed by atoms with Gasteiger partial charge < -0.3 is 19.7 Å². The molecule has 11 heteroatoms. The number of carbonyl (C=O) groups is 1. The number of nitrogens with zero attached hydrogens (tertiary/aromatic N) is 3. The van der Waals surface area contributed by atoms with Crippen LogP contribution in [0.15, 0.2) is 66.9 Å². The van der Waals surface area contributed by atoms with Gasteiger partial charge in [-0.05, 0) is 54.4 Å². The van der Waals surface area contributed by atoms with Gasteiger partial charge in [0.1, 0.15) is 28.9 Å². The number of hydrogen-bond acceptors (Lipinski definition) is 5. The molecule has 0 atom stereocenters. The molecule has 2 aromatic carbocycles. The smallest absolute Gasteiger partial charge is 0.490 e. The van der Waals surface area contributed by atoms with Crippen molar-refractivity contribution in [2.75, 3.05) is 18.0 Å². The summed E-state index contributed by atoms with van der Waals surface area (Å²) in [7, 11) is 0. The van der Waals surface area contributed by atoms with E-state index in [4.69, 9.17) is 16.3 Å². The van der Waals surface area contributed by atoms with E-state index in [9.17, 15) is 18.0 Å². The van der Waals surface area contributed by atoms with Crippen molar-refractivity contribution in [2.45, 2.75) is 45.2 Å². The molecular weight excluding hydrogens is 545 g/mol. The van der Waals surface area contributed by atoms with Gasteiger partial charge in [0, 0.05) is 55.4 Å². The first-order valence-corrected chi connectivity index (χ1v) is 13.4. The molecule has 1 N–H and O–H groups in total. The number of aryl methyl sites for hydroxylation is 1. The molecule has 5 rings (SSSR count). The van der Waals surface area contributed by atoms with Gasteiger partial charge in [0.25, 0.3) is 5.91 Å². The molecule has 1 aliphatic heterocycles. The number of alkyl halides is 3. The lowest BCUT2D eigenvalue weighted by Gasteiger charge is -2.33. The lowest BCUT2D eigenvalue weighted by atomic mass is 10.1. The zero-order chi connectivity index (χ0) is 28.3. The van der Waals surface area contributed by atoms with E-state index in [1.54, 1.807) is 22.7 Å². The second-order valence-electron chi connectivity index (χ2n) is 9.51. The van der Waals surface area contributed by atoms with Crippen LogP contribution in [0.5, 0.6) is 11.5 Å². The summed E-state index contributed by atoms with van der Waals surface area (Å²) < 4.78 is 48.6. The number of hydrogen-bond donors (Lipinski definition) is 1. The van der Waals surface area contributed by atoms with Gasteiger partial charge in [-0.15, -0.1) is 13.2 Å². The van der Waals surface area contributed by atoms with E-state index < -0.39 is 6.36 Å². The van der Waals surface area contributed by atoms with Gasteiger partial charge in [0.05, 0.1) is 5.69 Å². The van der Waals surface area contributed by atoms with Crippen LogP contribution < -0.4 is 19.7 Å². The third-order valence-corrected chi connectivity index (χ3v) is 7.00. The number of aromatic nitrogens is 2. The first kappa shape index (κ1) is 27.6. The Morgan fingerprint density at radius 3 is 2.38 bits per heavy atom. The van der Waals surface area contributed by atoms with Crippen LogP contribution in [0.3, 0.4) is 0 Å². The molecule has 0 spiro atoms. The fourth-order valence-corrected chi connectivity index (χ4v) is 4.94. The summed E-state index contributed by atoms with van der Waals surface area (Å²) in [6, 6.07) is 17.0. The van der Waals surface area contributed by atoms with E-state index in [1.807, 2.05) is 31.2 Å². The summed E-state index contributed by atoms with van der Waals surface area (Å²) in [5.74, 6) is 0.0441. The largest absolute Gasteiger partial charge is 0.573 e. The summed E-state index contributed by atoms with van der Waals surface area (Å²) in [4.78, 5) is 19.8. The van der Waals surface area contributed by atoms with Crippen molar-refractivity contribution < 1.29 is 27.4 Å². The van der Waals surface area contributed by atoms with Crippen molar-refractivity contribution in [3.63, 3.8) is 0 Å². The second kappa shape index (κ2) is 11.7. The van der Waals surface area contributed by atoms with E-state index in [1.165, 1.54) is 24.3 Å². The quantitative estimate of drug-likeness (QED) is 0.264. The van der Waals surface area contributed by atoms with Crippen LogP contribution in [-0.4, -0.2) is 40.8 Å². The van der Waals surface area contributed by atoms with Crippen molar-refractivity contribution in [3.8, 4) is 11.5 Å². The van der Waals surface area contributed by atoms with Crippen LogP contribution in [-0.2, 0) is 13.0 Å². The maximum absolute atomic E-state index is 13.0. The Balaban J connectivity index is 1.12. The van der Waals surface area contributed by atoms with Gasteiger partial charge in [-0.2, -0.15) is 0 Å². The second-order valence-corrected chi connectivity index (χ2v) is 9.94. The predicted octanol–water partition coefficient (Wildman–Crippen LogP) is 6.43. The van der Waals surface area contributed by atoms with E-state index >= 15 is 0 Å². The number of pyridine rings is 1. The fourth-order valence-electron chi connectivity index (χ4n) is 4.79. The van der Waals surface area contributed by atoms with Gasteiger partial charge >= 0.3 is 6.36 Å². The Morgan fingerprint density at radius 2 is 1.73 bits per heavy atom. The molecule has 0 bridgehead atoms. The molecule has 3 heterocycles. The maximum atomic E-state index is 13.0. The number of nitrogens with one attached hydrogen (secondary N) is 1. The van der Waals surface area contributed by atoms with Crippen molar-refractivity contribution >= 4 is 28.8 Å². The number of imidazole rings is 1. The summed E-state index contributed by atoms with van der Waals surface area (Å²) in [6.07, 6.45) is -0.798. The average Bonchev–Trinajstić information content (AvgIpc) is 3.30. The minimum absolute atomic E-state index is 0.0243. The van der Waals surface area contributed by atoms with Crippen LogP contribution >= 0.6 is 11.6 Å². The first-order valence-electron chi connectivity index (χ1n) is 13.0. The normalized spacial score (nSPS) is 14.4. The summed E-state index contributed by atoms with van der Waals surface area (Å²) in [6.45, 7) is 3.91. The molecule has 1 aliphatic rings. The van der Waals surface area contributed by atoms with Crippen LogP contribution in [0.2, 0.25) is 5.02 Å². The van der Waals surface area contributed by atoms with Gasteiger partial charge in [-0.1, -0.05) is 30.7 Å². The third-order valence-electron chi connectivity index (χ3n) is 6.77. The first-order chi connectivity index (χ1) is 19.2.